The number of hydrogen-bond donors (Lipinski definition) is 1. The van der Waals surface area contributed by atoms with Crippen molar-refractivity contribution in [3.8, 4) is 5.75 Å². The van der Waals surface area contributed by atoms with Gasteiger partial charge in [0, 0.05) is 4.70 Å². The van der Waals surface area contributed by atoms with Crippen LogP contribution in [0.5, 0.6) is 5.75 Å². The fourth-order valence-corrected chi connectivity index (χ4v) is 2.87. The van der Waals surface area contributed by atoms with Gasteiger partial charge in [-0.1, -0.05) is 0 Å². The Morgan fingerprint density at radius 3 is 2.71 bits per heavy atom. The summed E-state index contributed by atoms with van der Waals surface area (Å²) in [6.07, 6.45) is 0. The summed E-state index contributed by atoms with van der Waals surface area (Å²) >= 11 is 4.32. The monoisotopic (exact) mass is 321 g/mol. The summed E-state index contributed by atoms with van der Waals surface area (Å²) < 4.78 is 29.7. The maximum atomic E-state index is 12.1. The van der Waals surface area contributed by atoms with E-state index >= 15 is 0 Å². The second-order valence-corrected chi connectivity index (χ2v) is 5.11. The zero-order valence-corrected chi connectivity index (χ0v) is 10.6. The Balaban J connectivity index is 2.51. The normalized spacial score (nSPS) is 11.1. The fraction of sp³-hybridized carbons (Fsp3) is 0.100. The fourth-order valence-electron chi connectivity index (χ4n) is 1.35. The number of hydrogen-bond acceptors (Lipinski definition) is 3. The van der Waals surface area contributed by atoms with E-state index < -0.39 is 12.5 Å². The molecule has 2 rings (SSSR count). The average molecular weight is 322 g/mol. The number of carbonyl (C=O) groups is 1. The van der Waals surface area contributed by atoms with Gasteiger partial charge in [0.15, 0.2) is 0 Å². The lowest BCUT2D eigenvalue weighted by atomic mass is 10.2. The Morgan fingerprint density at radius 2 is 2.12 bits per heavy atom. The molecule has 0 fully saturated rings. The molecule has 0 atom stereocenters. The summed E-state index contributed by atoms with van der Waals surface area (Å²) in [7, 11) is 0. The molecule has 90 valence electrons. The van der Waals surface area contributed by atoms with Crippen LogP contribution in [-0.4, -0.2) is 12.5 Å². The van der Waals surface area contributed by atoms with Crippen LogP contribution in [0.1, 0.15) is 9.67 Å². The van der Waals surface area contributed by atoms with Crippen LogP contribution in [0.25, 0.3) is 10.1 Å². The largest absolute Gasteiger partial charge is 0.434 e. The van der Waals surface area contributed by atoms with Crippen molar-refractivity contribution in [2.45, 2.75) is 6.61 Å². The van der Waals surface area contributed by atoms with Crippen LogP contribution in [0.3, 0.4) is 0 Å². The number of halogens is 3. The molecule has 7 heteroatoms. The molecule has 0 aliphatic heterocycles. The number of fused-ring (bicyclic) bond motifs is 1. The number of alkyl halides is 2. The minimum Gasteiger partial charge on any atom is -0.434 e. The van der Waals surface area contributed by atoms with Gasteiger partial charge in [-0.2, -0.15) is 8.78 Å². The van der Waals surface area contributed by atoms with Crippen molar-refractivity contribution in [1.82, 2.24) is 0 Å². The van der Waals surface area contributed by atoms with Gasteiger partial charge in [0.2, 0.25) is 0 Å². The molecule has 17 heavy (non-hydrogen) atoms. The summed E-state index contributed by atoms with van der Waals surface area (Å²) in [5.74, 6) is -0.514. The Bertz CT molecular complexity index is 585. The van der Waals surface area contributed by atoms with Gasteiger partial charge < -0.3 is 10.5 Å². The van der Waals surface area contributed by atoms with E-state index in [4.69, 9.17) is 5.73 Å². The van der Waals surface area contributed by atoms with Gasteiger partial charge in [0.25, 0.3) is 5.91 Å². The molecule has 1 heterocycles. The van der Waals surface area contributed by atoms with Crippen LogP contribution >= 0.6 is 27.3 Å². The van der Waals surface area contributed by atoms with Gasteiger partial charge in [-0.25, -0.2) is 0 Å². The molecule has 0 aliphatic carbocycles. The van der Waals surface area contributed by atoms with Crippen LogP contribution in [0.15, 0.2) is 22.7 Å². The first kappa shape index (κ1) is 12.3. The van der Waals surface area contributed by atoms with Gasteiger partial charge in [-0.15, -0.1) is 11.3 Å². The van der Waals surface area contributed by atoms with E-state index in [0.717, 1.165) is 4.70 Å². The lowest BCUT2D eigenvalue weighted by Crippen LogP contribution is -2.07. The van der Waals surface area contributed by atoms with Gasteiger partial charge in [-0.3, -0.25) is 4.79 Å². The van der Waals surface area contributed by atoms with E-state index in [1.165, 1.54) is 17.4 Å². The van der Waals surface area contributed by atoms with E-state index in [9.17, 15) is 13.6 Å². The number of benzene rings is 1. The smallest absolute Gasteiger partial charge is 0.387 e. The molecule has 1 aromatic carbocycles. The molecule has 2 aromatic rings. The number of nitrogens with two attached hydrogens (primary N) is 1. The van der Waals surface area contributed by atoms with Crippen LogP contribution < -0.4 is 10.5 Å². The third-order valence-electron chi connectivity index (χ3n) is 2.03. The van der Waals surface area contributed by atoms with Crippen molar-refractivity contribution < 1.29 is 18.3 Å². The summed E-state index contributed by atoms with van der Waals surface area (Å²) in [5, 5.41) is 0.641. The van der Waals surface area contributed by atoms with E-state index in [1.807, 2.05) is 0 Å². The Hall–Kier alpha value is -1.21. The minimum absolute atomic E-state index is 0.0290. The Labute approximate surface area is 107 Å². The quantitative estimate of drug-likeness (QED) is 0.942. The predicted molar refractivity (Wildman–Crippen MR) is 64.7 cm³/mol. The van der Waals surface area contributed by atoms with Crippen molar-refractivity contribution in [2.24, 2.45) is 5.73 Å². The molecular weight excluding hydrogens is 316 g/mol. The van der Waals surface area contributed by atoms with E-state index in [1.54, 1.807) is 12.1 Å². The summed E-state index contributed by atoms with van der Waals surface area (Å²) in [6, 6.07) is 4.60. The molecule has 0 radical (unpaired) electrons. The maximum absolute atomic E-state index is 12.1. The highest BCUT2D eigenvalue weighted by Crippen LogP contribution is 2.35. The van der Waals surface area contributed by atoms with E-state index in [2.05, 4.69) is 20.7 Å². The third-order valence-corrected chi connectivity index (χ3v) is 3.76. The van der Waals surface area contributed by atoms with Crippen molar-refractivity contribution in [2.75, 3.05) is 0 Å². The highest BCUT2D eigenvalue weighted by Gasteiger charge is 2.13. The molecule has 1 aromatic heterocycles. The van der Waals surface area contributed by atoms with Crippen molar-refractivity contribution in [1.29, 1.82) is 0 Å². The molecule has 0 aliphatic rings. The zero-order valence-electron chi connectivity index (χ0n) is 8.25. The zero-order chi connectivity index (χ0) is 12.6. The molecule has 3 nitrogen and oxygen atoms in total. The first-order valence-electron chi connectivity index (χ1n) is 4.45. The molecule has 0 spiro atoms. The SMILES string of the molecule is NC(=O)c1cc2cc(OC(F)F)c(Br)cc2s1. The summed E-state index contributed by atoms with van der Waals surface area (Å²) in [6.45, 7) is -2.89. The maximum Gasteiger partial charge on any atom is 0.387 e. The number of amides is 1. The number of ether oxygens (including phenoxy) is 1. The first-order valence-corrected chi connectivity index (χ1v) is 6.06. The van der Waals surface area contributed by atoms with Crippen LogP contribution in [0.2, 0.25) is 0 Å². The van der Waals surface area contributed by atoms with Gasteiger partial charge in [0.1, 0.15) is 5.75 Å². The molecular formula is C10H6BrF2NO2S. The van der Waals surface area contributed by atoms with Gasteiger partial charge in [-0.05, 0) is 39.5 Å². The van der Waals surface area contributed by atoms with Gasteiger partial charge >= 0.3 is 6.61 Å². The second-order valence-electron chi connectivity index (χ2n) is 3.17. The number of carbonyl (C=O) groups excluding carboxylic acids is 1. The third kappa shape index (κ3) is 2.55. The van der Waals surface area contributed by atoms with Crippen LogP contribution in [0.4, 0.5) is 8.78 Å². The minimum atomic E-state index is -2.89. The first-order chi connectivity index (χ1) is 7.97. The van der Waals surface area contributed by atoms with E-state index in [-0.39, 0.29) is 5.75 Å². The average Bonchev–Trinajstić information content (AvgIpc) is 2.60. The highest BCUT2D eigenvalue weighted by molar-refractivity contribution is 9.10. The highest BCUT2D eigenvalue weighted by atomic mass is 79.9. The Kier molecular flexibility index (Phi) is 3.30. The Morgan fingerprint density at radius 1 is 1.41 bits per heavy atom. The summed E-state index contributed by atoms with van der Waals surface area (Å²) in [4.78, 5) is 11.4. The van der Waals surface area contributed by atoms with Crippen LogP contribution in [-0.2, 0) is 0 Å². The lowest BCUT2D eigenvalue weighted by molar-refractivity contribution is -0.0502. The molecule has 0 bridgehead atoms. The number of thiophene rings is 1. The van der Waals surface area contributed by atoms with Crippen molar-refractivity contribution >= 4 is 43.3 Å². The lowest BCUT2D eigenvalue weighted by Gasteiger charge is -2.06. The standard InChI is InChI=1S/C10H6BrF2NO2S/c11-5-3-7-4(1-6(5)16-10(12)13)2-8(17-7)9(14)15/h1-3,10H,(H2,14,15). The number of primary amides is 1. The molecule has 2 N–H and O–H groups in total. The molecule has 0 saturated carbocycles. The van der Waals surface area contributed by atoms with Crippen molar-refractivity contribution in [3.05, 3.63) is 27.5 Å². The van der Waals surface area contributed by atoms with Crippen molar-refractivity contribution in [3.63, 3.8) is 0 Å². The topological polar surface area (TPSA) is 52.3 Å². The summed E-state index contributed by atoms with van der Waals surface area (Å²) in [5.41, 5.74) is 5.14. The van der Waals surface area contributed by atoms with Crippen LogP contribution in [0, 0.1) is 0 Å². The molecule has 0 unspecified atom stereocenters. The van der Waals surface area contributed by atoms with E-state index in [0.29, 0.717) is 14.7 Å². The molecule has 0 saturated heterocycles. The van der Waals surface area contributed by atoms with Gasteiger partial charge in [0.05, 0.1) is 9.35 Å². The second kappa shape index (κ2) is 4.58. The number of rotatable bonds is 3. The molecule has 1 amide bonds. The predicted octanol–water partition coefficient (Wildman–Crippen LogP) is 3.36.